The molecule has 3 aromatic rings. The maximum absolute atomic E-state index is 12.3. The van der Waals surface area contributed by atoms with Gasteiger partial charge in [-0.2, -0.15) is 5.26 Å². The number of nitriles is 1. The van der Waals surface area contributed by atoms with Crippen LogP contribution in [0.5, 0.6) is 11.5 Å². The summed E-state index contributed by atoms with van der Waals surface area (Å²) in [5.41, 5.74) is 0.792. The van der Waals surface area contributed by atoms with Crippen LogP contribution >= 0.6 is 0 Å². The number of rotatable bonds is 7. The summed E-state index contributed by atoms with van der Waals surface area (Å²) in [6.45, 7) is 0. The molecule has 30 heavy (non-hydrogen) atoms. The number of hydrogen-bond donors (Lipinski definition) is 2. The molecule has 8 heteroatoms. The monoisotopic (exact) mass is 400 g/mol. The van der Waals surface area contributed by atoms with E-state index in [4.69, 9.17) is 4.74 Å². The standard InChI is InChI=1S/C22H16N4O4/c23-14-16(15-24-17-6-10-19(11-7-17)26(28)29)22(27)25-18-8-12-21(13-9-18)30-20-4-2-1-3-5-20/h1-13,15,24H,(H,25,27)/b16-15-. The summed E-state index contributed by atoms with van der Waals surface area (Å²) in [5.74, 6) is 0.708. The molecule has 0 atom stereocenters. The van der Waals surface area contributed by atoms with Crippen LogP contribution in [0.25, 0.3) is 0 Å². The Morgan fingerprint density at radius 1 is 0.933 bits per heavy atom. The molecule has 3 rings (SSSR count). The van der Waals surface area contributed by atoms with E-state index in [-0.39, 0.29) is 11.3 Å². The molecule has 0 aliphatic heterocycles. The number of hydrogen-bond acceptors (Lipinski definition) is 6. The van der Waals surface area contributed by atoms with Gasteiger partial charge in [0, 0.05) is 29.7 Å². The predicted molar refractivity (Wildman–Crippen MR) is 112 cm³/mol. The van der Waals surface area contributed by atoms with Gasteiger partial charge >= 0.3 is 0 Å². The third-order valence-corrected chi connectivity index (χ3v) is 3.92. The largest absolute Gasteiger partial charge is 0.457 e. The van der Waals surface area contributed by atoms with E-state index >= 15 is 0 Å². The van der Waals surface area contributed by atoms with Crippen LogP contribution in [0.4, 0.5) is 17.1 Å². The van der Waals surface area contributed by atoms with Crippen molar-refractivity contribution in [1.29, 1.82) is 5.26 Å². The topological polar surface area (TPSA) is 117 Å². The Bertz CT molecular complexity index is 1100. The zero-order valence-corrected chi connectivity index (χ0v) is 15.6. The van der Waals surface area contributed by atoms with Gasteiger partial charge < -0.3 is 15.4 Å². The van der Waals surface area contributed by atoms with Crippen LogP contribution in [0.3, 0.4) is 0 Å². The van der Waals surface area contributed by atoms with Gasteiger partial charge in [-0.15, -0.1) is 0 Å². The average Bonchev–Trinajstić information content (AvgIpc) is 2.76. The molecule has 0 saturated carbocycles. The highest BCUT2D eigenvalue weighted by atomic mass is 16.6. The van der Waals surface area contributed by atoms with Gasteiger partial charge in [0.05, 0.1) is 4.92 Å². The lowest BCUT2D eigenvalue weighted by atomic mass is 10.2. The second-order valence-electron chi connectivity index (χ2n) is 6.01. The molecule has 0 bridgehead atoms. The first-order valence-electron chi connectivity index (χ1n) is 8.81. The molecule has 0 radical (unpaired) electrons. The number of carbonyl (C=O) groups is 1. The number of anilines is 2. The number of ether oxygens (including phenoxy) is 1. The number of nitrogens with one attached hydrogen (secondary N) is 2. The Labute approximate surface area is 172 Å². The summed E-state index contributed by atoms with van der Waals surface area (Å²) < 4.78 is 5.69. The van der Waals surface area contributed by atoms with Crippen molar-refractivity contribution in [3.8, 4) is 17.6 Å². The van der Waals surface area contributed by atoms with Crippen molar-refractivity contribution in [3.05, 3.63) is 101 Å². The lowest BCUT2D eigenvalue weighted by Crippen LogP contribution is -2.14. The van der Waals surface area contributed by atoms with Crippen LogP contribution in [0.15, 0.2) is 90.6 Å². The molecule has 0 heterocycles. The van der Waals surface area contributed by atoms with Crippen LogP contribution in [-0.2, 0) is 4.79 Å². The number of nitrogens with zero attached hydrogens (tertiary/aromatic N) is 2. The van der Waals surface area contributed by atoms with Crippen LogP contribution in [0, 0.1) is 21.4 Å². The maximum Gasteiger partial charge on any atom is 0.269 e. The molecule has 0 aliphatic carbocycles. The quantitative estimate of drug-likeness (QED) is 0.253. The van der Waals surface area contributed by atoms with Crippen LogP contribution < -0.4 is 15.4 Å². The van der Waals surface area contributed by atoms with Gasteiger partial charge in [0.2, 0.25) is 0 Å². The normalized spacial score (nSPS) is 10.6. The van der Waals surface area contributed by atoms with Gasteiger partial charge in [-0.05, 0) is 48.5 Å². The van der Waals surface area contributed by atoms with Crippen LogP contribution in [0.1, 0.15) is 0 Å². The molecule has 3 aromatic carbocycles. The minimum absolute atomic E-state index is 0.0533. The summed E-state index contributed by atoms with van der Waals surface area (Å²) in [6.07, 6.45) is 1.24. The fourth-order valence-corrected chi connectivity index (χ4v) is 2.41. The first-order valence-corrected chi connectivity index (χ1v) is 8.81. The lowest BCUT2D eigenvalue weighted by Gasteiger charge is -2.08. The fourth-order valence-electron chi connectivity index (χ4n) is 2.41. The third-order valence-electron chi connectivity index (χ3n) is 3.92. The Hall–Kier alpha value is -4.64. The molecule has 0 aromatic heterocycles. The molecular formula is C22H16N4O4. The second-order valence-corrected chi connectivity index (χ2v) is 6.01. The minimum atomic E-state index is -0.594. The number of para-hydroxylation sites is 1. The second kappa shape index (κ2) is 9.52. The van der Waals surface area contributed by atoms with Crippen molar-refractivity contribution in [2.24, 2.45) is 0 Å². The van der Waals surface area contributed by atoms with Gasteiger partial charge in [-0.3, -0.25) is 14.9 Å². The molecule has 2 N–H and O–H groups in total. The van der Waals surface area contributed by atoms with Crippen molar-refractivity contribution in [2.75, 3.05) is 10.6 Å². The molecule has 1 amide bonds. The van der Waals surface area contributed by atoms with E-state index < -0.39 is 10.8 Å². The number of nitro groups is 1. The van der Waals surface area contributed by atoms with Gasteiger partial charge in [-0.25, -0.2) is 0 Å². The number of amides is 1. The van der Waals surface area contributed by atoms with Crippen molar-refractivity contribution in [1.82, 2.24) is 0 Å². The minimum Gasteiger partial charge on any atom is -0.457 e. The smallest absolute Gasteiger partial charge is 0.269 e. The summed E-state index contributed by atoms with van der Waals surface area (Å²) in [6, 6.07) is 23.4. The summed E-state index contributed by atoms with van der Waals surface area (Å²) in [7, 11) is 0. The fraction of sp³-hybridized carbons (Fsp3) is 0. The van der Waals surface area contributed by atoms with E-state index in [0.29, 0.717) is 22.9 Å². The van der Waals surface area contributed by atoms with Crippen molar-refractivity contribution < 1.29 is 14.5 Å². The average molecular weight is 400 g/mol. The van der Waals surface area contributed by atoms with Crippen molar-refractivity contribution in [3.63, 3.8) is 0 Å². The first-order chi connectivity index (χ1) is 14.5. The molecular weight excluding hydrogens is 384 g/mol. The van der Waals surface area contributed by atoms with Crippen LogP contribution in [0.2, 0.25) is 0 Å². The van der Waals surface area contributed by atoms with Gasteiger partial charge in [-0.1, -0.05) is 18.2 Å². The predicted octanol–water partition coefficient (Wildman–Crippen LogP) is 4.85. The molecule has 0 fully saturated rings. The zero-order valence-electron chi connectivity index (χ0n) is 15.6. The molecule has 0 aliphatic rings. The number of carbonyl (C=O) groups excluding carboxylic acids is 1. The molecule has 0 saturated heterocycles. The van der Waals surface area contributed by atoms with E-state index in [0.717, 1.165) is 0 Å². The maximum atomic E-state index is 12.3. The van der Waals surface area contributed by atoms with E-state index in [9.17, 15) is 20.2 Å². The number of benzene rings is 3. The molecule has 0 spiro atoms. The Morgan fingerprint density at radius 2 is 1.53 bits per heavy atom. The highest BCUT2D eigenvalue weighted by Crippen LogP contribution is 2.23. The highest BCUT2D eigenvalue weighted by Gasteiger charge is 2.10. The van der Waals surface area contributed by atoms with Gasteiger partial charge in [0.15, 0.2) is 0 Å². The Balaban J connectivity index is 1.61. The molecule has 8 nitrogen and oxygen atoms in total. The van der Waals surface area contributed by atoms with E-state index in [1.54, 1.807) is 24.3 Å². The number of non-ortho nitro benzene ring substituents is 1. The van der Waals surface area contributed by atoms with E-state index in [1.807, 2.05) is 36.4 Å². The highest BCUT2D eigenvalue weighted by molar-refractivity contribution is 6.06. The number of nitro benzene ring substituents is 1. The van der Waals surface area contributed by atoms with Gasteiger partial charge in [0.1, 0.15) is 23.1 Å². The van der Waals surface area contributed by atoms with E-state index in [1.165, 1.54) is 30.5 Å². The van der Waals surface area contributed by atoms with Crippen molar-refractivity contribution in [2.45, 2.75) is 0 Å². The van der Waals surface area contributed by atoms with Crippen molar-refractivity contribution >= 4 is 23.0 Å². The SMILES string of the molecule is N#C/C(=C/Nc1ccc([N+](=O)[O-])cc1)C(=O)Nc1ccc(Oc2ccccc2)cc1. The summed E-state index contributed by atoms with van der Waals surface area (Å²) in [5, 5.41) is 25.3. The first kappa shape index (κ1) is 20.1. The third kappa shape index (κ3) is 5.43. The summed E-state index contributed by atoms with van der Waals surface area (Å²) in [4.78, 5) is 22.5. The Morgan fingerprint density at radius 3 is 2.13 bits per heavy atom. The lowest BCUT2D eigenvalue weighted by molar-refractivity contribution is -0.384. The van der Waals surface area contributed by atoms with E-state index in [2.05, 4.69) is 10.6 Å². The molecule has 148 valence electrons. The summed E-state index contributed by atoms with van der Waals surface area (Å²) >= 11 is 0. The molecule has 0 unspecified atom stereocenters. The Kier molecular flexibility index (Phi) is 6.38. The van der Waals surface area contributed by atoms with Gasteiger partial charge in [0.25, 0.3) is 11.6 Å². The van der Waals surface area contributed by atoms with Crippen LogP contribution in [-0.4, -0.2) is 10.8 Å². The zero-order chi connectivity index (χ0) is 21.3.